The highest BCUT2D eigenvalue weighted by Crippen LogP contribution is 2.16. The highest BCUT2D eigenvalue weighted by Gasteiger charge is 1.90. The minimum atomic E-state index is 1.19. The summed E-state index contributed by atoms with van der Waals surface area (Å²) in [5.74, 6) is 0. The van der Waals surface area contributed by atoms with Crippen LogP contribution in [0.2, 0.25) is 0 Å². The fourth-order valence-corrected chi connectivity index (χ4v) is 1.44. The fraction of sp³-hybridized carbons (Fsp3) is 0. The summed E-state index contributed by atoms with van der Waals surface area (Å²) in [6, 6.07) is 5.11. The van der Waals surface area contributed by atoms with Crippen LogP contribution in [0.25, 0.3) is 10.2 Å². The van der Waals surface area contributed by atoms with Crippen molar-refractivity contribution < 1.29 is 0 Å². The first kappa shape index (κ1) is 4.15. The lowest BCUT2D eigenvalue weighted by molar-refractivity contribution is 1.48. The van der Waals surface area contributed by atoms with Crippen LogP contribution in [0, 0.1) is 6.07 Å². The second-order valence-electron chi connectivity index (χ2n) is 1.60. The average Bonchev–Trinajstić information content (AvgIpc) is 2.15. The predicted molar refractivity (Wildman–Crippen MR) is 35.0 cm³/mol. The molecule has 1 radical (unpaired) electrons. The molecule has 2 aromatic heterocycles. The third-order valence-corrected chi connectivity index (χ3v) is 1.94. The van der Waals surface area contributed by atoms with E-state index >= 15 is 0 Å². The second kappa shape index (κ2) is 1.36. The Kier molecular flexibility index (Phi) is 0.704. The van der Waals surface area contributed by atoms with Gasteiger partial charge < -0.3 is 4.98 Å². The fourth-order valence-electron chi connectivity index (χ4n) is 0.714. The van der Waals surface area contributed by atoms with Crippen LogP contribution in [0.4, 0.5) is 0 Å². The van der Waals surface area contributed by atoms with Gasteiger partial charge in [0.1, 0.15) is 0 Å². The molecule has 0 aliphatic heterocycles. The van der Waals surface area contributed by atoms with Gasteiger partial charge in [-0.2, -0.15) is 0 Å². The van der Waals surface area contributed by atoms with Crippen LogP contribution in [-0.4, -0.2) is 4.98 Å². The molecular weight excluding hydrogens is 118 g/mol. The Morgan fingerprint density at radius 3 is 3.50 bits per heavy atom. The number of hydrogen-bond acceptors (Lipinski definition) is 1. The molecule has 0 amide bonds. The van der Waals surface area contributed by atoms with Gasteiger partial charge in [-0.3, -0.25) is 0 Å². The standard InChI is InChI=1S/C6H4NS/c1-3-7-5-2-4-8-6(1)5/h2-4,7H. The molecule has 2 heterocycles. The van der Waals surface area contributed by atoms with Crippen molar-refractivity contribution in [3.05, 3.63) is 23.7 Å². The third kappa shape index (κ3) is 0.406. The molecule has 0 aromatic carbocycles. The van der Waals surface area contributed by atoms with Crippen molar-refractivity contribution in [2.75, 3.05) is 0 Å². The molecule has 0 saturated heterocycles. The summed E-state index contributed by atoms with van der Waals surface area (Å²) >= 11 is 1.71. The summed E-state index contributed by atoms with van der Waals surface area (Å²) in [4.78, 5) is 3.05. The normalized spacial score (nSPS) is 10.5. The van der Waals surface area contributed by atoms with Crippen LogP contribution in [0.1, 0.15) is 0 Å². The molecule has 0 unspecified atom stereocenters. The highest BCUT2D eigenvalue weighted by molar-refractivity contribution is 7.17. The number of nitrogens with one attached hydrogen (secondary N) is 1. The lowest BCUT2D eigenvalue weighted by atomic mass is 10.5. The van der Waals surface area contributed by atoms with Crippen molar-refractivity contribution in [1.82, 2.24) is 4.98 Å². The van der Waals surface area contributed by atoms with Gasteiger partial charge in [-0.15, -0.1) is 11.3 Å². The summed E-state index contributed by atoms with van der Waals surface area (Å²) in [7, 11) is 0. The quantitative estimate of drug-likeness (QED) is 0.550. The van der Waals surface area contributed by atoms with Crippen LogP contribution in [0.3, 0.4) is 0 Å². The molecule has 0 spiro atoms. The maximum Gasteiger partial charge on any atom is 0.0599 e. The Bertz CT molecular complexity index is 230. The van der Waals surface area contributed by atoms with Gasteiger partial charge in [0.25, 0.3) is 0 Å². The van der Waals surface area contributed by atoms with Crippen molar-refractivity contribution in [3.8, 4) is 0 Å². The van der Waals surface area contributed by atoms with Gasteiger partial charge in [-0.1, -0.05) is 0 Å². The summed E-state index contributed by atoms with van der Waals surface area (Å²) in [6.45, 7) is 0. The molecule has 0 atom stereocenters. The molecule has 2 heteroatoms. The van der Waals surface area contributed by atoms with Gasteiger partial charge in [0.2, 0.25) is 0 Å². The van der Waals surface area contributed by atoms with Gasteiger partial charge in [0.05, 0.1) is 10.2 Å². The third-order valence-electron chi connectivity index (χ3n) is 1.10. The van der Waals surface area contributed by atoms with Crippen LogP contribution in [0.15, 0.2) is 17.6 Å². The Morgan fingerprint density at radius 2 is 2.62 bits per heavy atom. The first-order valence-electron chi connectivity index (χ1n) is 2.39. The van der Waals surface area contributed by atoms with E-state index in [1.165, 1.54) is 10.2 Å². The minimum Gasteiger partial charge on any atom is -0.360 e. The van der Waals surface area contributed by atoms with E-state index < -0.39 is 0 Å². The molecule has 0 aliphatic carbocycles. The summed E-state index contributed by atoms with van der Waals surface area (Å²) in [5.41, 5.74) is 1.19. The largest absolute Gasteiger partial charge is 0.360 e. The monoisotopic (exact) mass is 122 g/mol. The Hall–Kier alpha value is -0.760. The van der Waals surface area contributed by atoms with Crippen LogP contribution in [0.5, 0.6) is 0 Å². The van der Waals surface area contributed by atoms with E-state index in [1.807, 2.05) is 6.20 Å². The van der Waals surface area contributed by atoms with Crippen molar-refractivity contribution in [3.63, 3.8) is 0 Å². The molecule has 2 aromatic rings. The lowest BCUT2D eigenvalue weighted by Crippen LogP contribution is -1.49. The number of H-pyrrole nitrogens is 1. The zero-order valence-corrected chi connectivity index (χ0v) is 4.96. The van der Waals surface area contributed by atoms with E-state index in [2.05, 4.69) is 22.5 Å². The number of rotatable bonds is 0. The minimum absolute atomic E-state index is 1.19. The first-order chi connectivity index (χ1) is 3.97. The van der Waals surface area contributed by atoms with E-state index in [9.17, 15) is 0 Å². The molecule has 2 rings (SSSR count). The molecule has 0 fully saturated rings. The smallest absolute Gasteiger partial charge is 0.0599 e. The SMILES string of the molecule is [c]1c[nH]c2ccsc12. The van der Waals surface area contributed by atoms with E-state index in [0.717, 1.165) is 0 Å². The average molecular weight is 122 g/mol. The number of fused-ring (bicyclic) bond motifs is 1. The van der Waals surface area contributed by atoms with E-state index in [4.69, 9.17) is 0 Å². The van der Waals surface area contributed by atoms with Crippen LogP contribution >= 0.6 is 11.3 Å². The van der Waals surface area contributed by atoms with Crippen molar-refractivity contribution in [2.45, 2.75) is 0 Å². The number of hydrogen-bond donors (Lipinski definition) is 1. The zero-order valence-electron chi connectivity index (χ0n) is 4.14. The van der Waals surface area contributed by atoms with Crippen LogP contribution < -0.4 is 0 Å². The highest BCUT2D eigenvalue weighted by atomic mass is 32.1. The lowest BCUT2D eigenvalue weighted by Gasteiger charge is -1.66. The van der Waals surface area contributed by atoms with E-state index in [0.29, 0.717) is 0 Å². The van der Waals surface area contributed by atoms with Gasteiger partial charge in [0, 0.05) is 12.3 Å². The van der Waals surface area contributed by atoms with E-state index in [1.54, 1.807) is 11.3 Å². The molecule has 0 saturated carbocycles. The van der Waals surface area contributed by atoms with Gasteiger partial charge in [-0.25, -0.2) is 0 Å². The summed E-state index contributed by atoms with van der Waals surface area (Å²) in [5, 5.41) is 2.05. The molecular formula is C6H4NS. The second-order valence-corrected chi connectivity index (χ2v) is 2.51. The Balaban J connectivity index is 3.06. The van der Waals surface area contributed by atoms with E-state index in [-0.39, 0.29) is 0 Å². The van der Waals surface area contributed by atoms with Crippen molar-refractivity contribution in [1.29, 1.82) is 0 Å². The van der Waals surface area contributed by atoms with Gasteiger partial charge in [0.15, 0.2) is 0 Å². The number of aromatic nitrogens is 1. The maximum absolute atomic E-state index is 3.06. The molecule has 39 valence electrons. The molecule has 1 N–H and O–H groups in total. The molecule has 8 heavy (non-hydrogen) atoms. The summed E-state index contributed by atoms with van der Waals surface area (Å²) < 4.78 is 1.21. The zero-order chi connectivity index (χ0) is 5.40. The predicted octanol–water partition coefficient (Wildman–Crippen LogP) is 2.03. The van der Waals surface area contributed by atoms with Gasteiger partial charge in [-0.05, 0) is 11.4 Å². The molecule has 0 bridgehead atoms. The number of thiophene rings is 1. The van der Waals surface area contributed by atoms with Crippen LogP contribution in [-0.2, 0) is 0 Å². The number of aromatic amines is 1. The van der Waals surface area contributed by atoms with Crippen molar-refractivity contribution in [2.24, 2.45) is 0 Å². The first-order valence-corrected chi connectivity index (χ1v) is 3.27. The van der Waals surface area contributed by atoms with Crippen molar-refractivity contribution >= 4 is 21.6 Å². The maximum atomic E-state index is 3.06. The topological polar surface area (TPSA) is 15.8 Å². The molecule has 0 aliphatic rings. The molecule has 1 nitrogen and oxygen atoms in total. The Morgan fingerprint density at radius 1 is 1.62 bits per heavy atom. The summed E-state index contributed by atoms with van der Waals surface area (Å²) in [6.07, 6.45) is 1.83. The van der Waals surface area contributed by atoms with Gasteiger partial charge >= 0.3 is 0 Å². The Labute approximate surface area is 51.0 Å².